The summed E-state index contributed by atoms with van der Waals surface area (Å²) in [4.78, 5) is 18.4. The molecular formula is C12H10ClN3O2. The number of nitro groups is 1. The van der Waals surface area contributed by atoms with Crippen LogP contribution in [-0.2, 0) is 0 Å². The SMILES string of the molecule is Cc1ccc(-c2nc(Cl)nc(C)c2[N+](=O)[O-])cc1. The van der Waals surface area contributed by atoms with Crippen LogP contribution in [0.2, 0.25) is 5.28 Å². The molecule has 0 unspecified atom stereocenters. The smallest absolute Gasteiger partial charge is 0.258 e. The number of benzene rings is 1. The van der Waals surface area contributed by atoms with Crippen LogP contribution in [0.5, 0.6) is 0 Å². The Labute approximate surface area is 109 Å². The zero-order valence-electron chi connectivity index (χ0n) is 9.85. The van der Waals surface area contributed by atoms with Gasteiger partial charge in [0.05, 0.1) is 4.92 Å². The molecule has 0 bridgehead atoms. The van der Waals surface area contributed by atoms with Crippen LogP contribution < -0.4 is 0 Å². The highest BCUT2D eigenvalue weighted by Crippen LogP contribution is 2.31. The van der Waals surface area contributed by atoms with Crippen molar-refractivity contribution in [1.29, 1.82) is 0 Å². The molecule has 92 valence electrons. The number of nitrogens with zero attached hydrogens (tertiary/aromatic N) is 3. The molecule has 0 atom stereocenters. The molecule has 0 fully saturated rings. The van der Waals surface area contributed by atoms with Crippen LogP contribution in [0.1, 0.15) is 11.3 Å². The van der Waals surface area contributed by atoms with E-state index in [0.29, 0.717) is 5.56 Å². The maximum absolute atomic E-state index is 11.1. The monoisotopic (exact) mass is 263 g/mol. The van der Waals surface area contributed by atoms with Crippen molar-refractivity contribution < 1.29 is 4.92 Å². The van der Waals surface area contributed by atoms with Crippen molar-refractivity contribution in [3.63, 3.8) is 0 Å². The Morgan fingerprint density at radius 1 is 1.17 bits per heavy atom. The molecule has 1 heterocycles. The lowest BCUT2D eigenvalue weighted by Crippen LogP contribution is -2.01. The third-order valence-electron chi connectivity index (χ3n) is 2.54. The van der Waals surface area contributed by atoms with E-state index in [1.54, 1.807) is 19.1 Å². The summed E-state index contributed by atoms with van der Waals surface area (Å²) in [6, 6.07) is 7.29. The van der Waals surface area contributed by atoms with Gasteiger partial charge in [-0.05, 0) is 25.4 Å². The van der Waals surface area contributed by atoms with Gasteiger partial charge in [-0.1, -0.05) is 29.8 Å². The molecule has 2 rings (SSSR count). The van der Waals surface area contributed by atoms with E-state index in [-0.39, 0.29) is 22.4 Å². The van der Waals surface area contributed by atoms with Gasteiger partial charge in [0.25, 0.3) is 0 Å². The Morgan fingerprint density at radius 2 is 1.78 bits per heavy atom. The van der Waals surface area contributed by atoms with Crippen molar-refractivity contribution in [3.8, 4) is 11.3 Å². The molecule has 1 aromatic heterocycles. The van der Waals surface area contributed by atoms with Crippen LogP contribution >= 0.6 is 11.6 Å². The minimum atomic E-state index is -0.485. The molecule has 0 aliphatic rings. The Balaban J connectivity index is 2.69. The summed E-state index contributed by atoms with van der Waals surface area (Å²) in [7, 11) is 0. The molecule has 18 heavy (non-hydrogen) atoms. The standard InChI is InChI=1S/C12H10ClN3O2/c1-7-3-5-9(6-4-7)10-11(16(17)18)8(2)14-12(13)15-10/h3-6H,1-2H3. The molecular weight excluding hydrogens is 254 g/mol. The second-order valence-electron chi connectivity index (χ2n) is 3.90. The summed E-state index contributed by atoms with van der Waals surface area (Å²) in [6.45, 7) is 3.49. The van der Waals surface area contributed by atoms with Crippen LogP contribution in [0.15, 0.2) is 24.3 Å². The highest BCUT2D eigenvalue weighted by Gasteiger charge is 2.22. The van der Waals surface area contributed by atoms with E-state index in [1.165, 1.54) is 0 Å². The van der Waals surface area contributed by atoms with Crippen molar-refractivity contribution in [1.82, 2.24) is 9.97 Å². The zero-order valence-corrected chi connectivity index (χ0v) is 10.6. The molecule has 0 N–H and O–H groups in total. The first kappa shape index (κ1) is 12.4. The molecule has 0 aliphatic carbocycles. The van der Waals surface area contributed by atoms with Crippen LogP contribution in [-0.4, -0.2) is 14.9 Å². The molecule has 5 nitrogen and oxygen atoms in total. The Bertz CT molecular complexity index is 611. The average Bonchev–Trinajstić information content (AvgIpc) is 2.28. The molecule has 0 radical (unpaired) electrons. The number of hydrogen-bond donors (Lipinski definition) is 0. The molecule has 2 aromatic rings. The predicted octanol–water partition coefficient (Wildman–Crippen LogP) is 3.32. The zero-order chi connectivity index (χ0) is 13.3. The molecule has 0 saturated heterocycles. The fraction of sp³-hybridized carbons (Fsp3) is 0.167. The number of aromatic nitrogens is 2. The first-order chi connectivity index (χ1) is 8.49. The Kier molecular flexibility index (Phi) is 3.25. The van der Waals surface area contributed by atoms with E-state index in [9.17, 15) is 10.1 Å². The van der Waals surface area contributed by atoms with Crippen LogP contribution in [0.3, 0.4) is 0 Å². The highest BCUT2D eigenvalue weighted by atomic mass is 35.5. The summed E-state index contributed by atoms with van der Waals surface area (Å²) in [5.74, 6) is 0. The van der Waals surface area contributed by atoms with Crippen molar-refractivity contribution in [2.75, 3.05) is 0 Å². The van der Waals surface area contributed by atoms with Gasteiger partial charge in [0.15, 0.2) is 5.69 Å². The first-order valence-corrected chi connectivity index (χ1v) is 5.62. The number of halogens is 1. The normalized spacial score (nSPS) is 10.4. The van der Waals surface area contributed by atoms with Gasteiger partial charge >= 0.3 is 5.69 Å². The second kappa shape index (κ2) is 4.70. The Hall–Kier alpha value is -2.01. The van der Waals surface area contributed by atoms with Gasteiger partial charge < -0.3 is 0 Å². The van der Waals surface area contributed by atoms with Gasteiger partial charge in [-0.25, -0.2) is 9.97 Å². The summed E-state index contributed by atoms with van der Waals surface area (Å²) in [6.07, 6.45) is 0. The average molecular weight is 264 g/mol. The van der Waals surface area contributed by atoms with Gasteiger partial charge in [0.1, 0.15) is 5.69 Å². The van der Waals surface area contributed by atoms with Crippen molar-refractivity contribution in [2.45, 2.75) is 13.8 Å². The van der Waals surface area contributed by atoms with Crippen LogP contribution in [0.4, 0.5) is 5.69 Å². The minimum Gasteiger partial charge on any atom is -0.258 e. The lowest BCUT2D eigenvalue weighted by molar-refractivity contribution is -0.385. The number of rotatable bonds is 2. The fourth-order valence-corrected chi connectivity index (χ4v) is 1.88. The molecule has 0 aliphatic heterocycles. The third-order valence-corrected chi connectivity index (χ3v) is 2.71. The van der Waals surface area contributed by atoms with Gasteiger partial charge in [-0.15, -0.1) is 0 Å². The van der Waals surface area contributed by atoms with Crippen molar-refractivity contribution >= 4 is 17.3 Å². The Morgan fingerprint density at radius 3 is 2.33 bits per heavy atom. The van der Waals surface area contributed by atoms with Crippen LogP contribution in [0.25, 0.3) is 11.3 Å². The van der Waals surface area contributed by atoms with E-state index in [2.05, 4.69) is 9.97 Å². The molecule has 0 spiro atoms. The van der Waals surface area contributed by atoms with E-state index in [1.807, 2.05) is 19.1 Å². The van der Waals surface area contributed by atoms with Crippen molar-refractivity contribution in [3.05, 3.63) is 50.9 Å². The molecule has 0 amide bonds. The molecule has 0 saturated carbocycles. The van der Waals surface area contributed by atoms with Crippen molar-refractivity contribution in [2.24, 2.45) is 0 Å². The van der Waals surface area contributed by atoms with E-state index in [0.717, 1.165) is 5.56 Å². The topological polar surface area (TPSA) is 68.9 Å². The van der Waals surface area contributed by atoms with Gasteiger partial charge in [-0.3, -0.25) is 10.1 Å². The number of aryl methyl sites for hydroxylation is 2. The first-order valence-electron chi connectivity index (χ1n) is 5.24. The van der Waals surface area contributed by atoms with E-state index in [4.69, 9.17) is 11.6 Å². The minimum absolute atomic E-state index is 0.00803. The summed E-state index contributed by atoms with van der Waals surface area (Å²) in [5, 5.41) is 11.1. The van der Waals surface area contributed by atoms with E-state index < -0.39 is 4.92 Å². The largest absolute Gasteiger partial charge is 0.316 e. The quantitative estimate of drug-likeness (QED) is 0.473. The maximum atomic E-state index is 11.1. The van der Waals surface area contributed by atoms with E-state index >= 15 is 0 Å². The summed E-state index contributed by atoms with van der Waals surface area (Å²) in [5.41, 5.74) is 2.12. The predicted molar refractivity (Wildman–Crippen MR) is 68.6 cm³/mol. The fourth-order valence-electron chi connectivity index (χ4n) is 1.66. The van der Waals surface area contributed by atoms with Crippen LogP contribution in [0, 0.1) is 24.0 Å². The lowest BCUT2D eigenvalue weighted by atomic mass is 10.1. The van der Waals surface area contributed by atoms with Gasteiger partial charge in [0.2, 0.25) is 5.28 Å². The molecule has 6 heteroatoms. The maximum Gasteiger partial charge on any atom is 0.316 e. The van der Waals surface area contributed by atoms with Gasteiger partial charge in [-0.2, -0.15) is 0 Å². The van der Waals surface area contributed by atoms with Gasteiger partial charge in [0, 0.05) is 5.56 Å². The lowest BCUT2D eigenvalue weighted by Gasteiger charge is -2.05. The molecule has 1 aromatic carbocycles. The second-order valence-corrected chi connectivity index (χ2v) is 4.24. The number of hydrogen-bond acceptors (Lipinski definition) is 4. The summed E-state index contributed by atoms with van der Waals surface area (Å²) >= 11 is 5.76. The highest BCUT2D eigenvalue weighted by molar-refractivity contribution is 6.28. The third kappa shape index (κ3) is 2.31. The summed E-state index contributed by atoms with van der Waals surface area (Å²) < 4.78 is 0.